The van der Waals surface area contributed by atoms with Crippen LogP contribution in [0.25, 0.3) is 11.0 Å². The summed E-state index contributed by atoms with van der Waals surface area (Å²) in [6, 6.07) is 5.68. The number of amides is 1. The second-order valence-corrected chi connectivity index (χ2v) is 8.11. The predicted molar refractivity (Wildman–Crippen MR) is 123 cm³/mol. The van der Waals surface area contributed by atoms with E-state index in [1.165, 1.54) is 0 Å². The van der Waals surface area contributed by atoms with Crippen LogP contribution in [0.5, 0.6) is 11.5 Å². The molecule has 0 radical (unpaired) electrons. The van der Waals surface area contributed by atoms with Crippen molar-refractivity contribution in [2.75, 3.05) is 46.2 Å². The minimum absolute atomic E-state index is 0.137. The highest BCUT2D eigenvalue weighted by molar-refractivity contribution is 5.92. The lowest BCUT2D eigenvalue weighted by atomic mass is 10.2. The number of fused-ring (bicyclic) bond motifs is 2. The van der Waals surface area contributed by atoms with Gasteiger partial charge in [0.15, 0.2) is 11.5 Å². The van der Waals surface area contributed by atoms with Crippen LogP contribution in [0.15, 0.2) is 30.7 Å². The lowest BCUT2D eigenvalue weighted by Gasteiger charge is -2.21. The van der Waals surface area contributed by atoms with Crippen LogP contribution >= 0.6 is 0 Å². The molecular weight excluding hydrogens is 408 g/mol. The summed E-state index contributed by atoms with van der Waals surface area (Å²) >= 11 is 0. The Morgan fingerprint density at radius 2 is 2.03 bits per heavy atom. The van der Waals surface area contributed by atoms with E-state index < -0.39 is 0 Å². The highest BCUT2D eigenvalue weighted by Crippen LogP contribution is 2.33. The first kappa shape index (κ1) is 21.9. The highest BCUT2D eigenvalue weighted by Gasteiger charge is 2.15. The molecule has 2 bridgehead atoms. The van der Waals surface area contributed by atoms with Crippen molar-refractivity contribution in [2.24, 2.45) is 0 Å². The van der Waals surface area contributed by atoms with Gasteiger partial charge in [0.05, 0.1) is 19.1 Å². The first-order chi connectivity index (χ1) is 15.5. The fourth-order valence-electron chi connectivity index (χ4n) is 3.92. The van der Waals surface area contributed by atoms with E-state index in [9.17, 15) is 4.79 Å². The van der Waals surface area contributed by atoms with Gasteiger partial charge >= 0.3 is 0 Å². The van der Waals surface area contributed by atoms with Crippen molar-refractivity contribution < 1.29 is 14.3 Å². The maximum atomic E-state index is 12.4. The van der Waals surface area contributed by atoms with Gasteiger partial charge in [0.1, 0.15) is 17.8 Å². The van der Waals surface area contributed by atoms with E-state index in [2.05, 4.69) is 32.2 Å². The Balaban J connectivity index is 1.67. The minimum atomic E-state index is 0.137. The molecule has 0 saturated carbocycles. The number of hydrogen-bond donors (Lipinski definition) is 2. The number of aromatic nitrogens is 3. The van der Waals surface area contributed by atoms with Gasteiger partial charge in [-0.2, -0.15) is 0 Å². The topological polar surface area (TPSA) is 95.6 Å². The zero-order valence-electron chi connectivity index (χ0n) is 18.9. The summed E-state index contributed by atoms with van der Waals surface area (Å²) < 4.78 is 11.4. The molecule has 2 N–H and O–H groups in total. The highest BCUT2D eigenvalue weighted by atomic mass is 16.5. The molecule has 0 spiro atoms. The number of anilines is 2. The summed E-state index contributed by atoms with van der Waals surface area (Å²) in [4.78, 5) is 28.6. The SMILES string of the molecule is COc1ccc2cc1OCCCC(=O)N(C)CCCN(C)Cc1c[nH]c3ncnc(c13)N2. The fraction of sp³-hybridized carbons (Fsp3) is 0.435. The molecule has 9 heteroatoms. The van der Waals surface area contributed by atoms with Crippen LogP contribution in [0.2, 0.25) is 0 Å². The molecule has 1 amide bonds. The van der Waals surface area contributed by atoms with Crippen molar-refractivity contribution in [3.63, 3.8) is 0 Å². The number of hydrogen-bond acceptors (Lipinski definition) is 7. The van der Waals surface area contributed by atoms with Crippen molar-refractivity contribution in [1.82, 2.24) is 24.8 Å². The van der Waals surface area contributed by atoms with Crippen LogP contribution in [-0.2, 0) is 11.3 Å². The molecule has 0 aliphatic carbocycles. The molecule has 9 nitrogen and oxygen atoms in total. The molecule has 0 saturated heterocycles. The van der Waals surface area contributed by atoms with E-state index in [0.717, 1.165) is 54.2 Å². The Labute approximate surface area is 187 Å². The number of nitrogens with zero attached hydrogens (tertiary/aromatic N) is 4. The van der Waals surface area contributed by atoms with Crippen LogP contribution < -0.4 is 14.8 Å². The van der Waals surface area contributed by atoms with Crippen LogP contribution in [0.3, 0.4) is 0 Å². The summed E-state index contributed by atoms with van der Waals surface area (Å²) in [5.41, 5.74) is 2.73. The fourth-order valence-corrected chi connectivity index (χ4v) is 3.92. The molecular formula is C23H30N6O3. The molecule has 2 aromatic heterocycles. The zero-order chi connectivity index (χ0) is 22.5. The summed E-state index contributed by atoms with van der Waals surface area (Å²) in [5.74, 6) is 2.14. The van der Waals surface area contributed by atoms with Gasteiger partial charge < -0.3 is 29.6 Å². The van der Waals surface area contributed by atoms with Gasteiger partial charge in [0.2, 0.25) is 5.91 Å². The van der Waals surface area contributed by atoms with E-state index in [0.29, 0.717) is 30.9 Å². The van der Waals surface area contributed by atoms with Crippen molar-refractivity contribution >= 4 is 28.4 Å². The number of rotatable bonds is 1. The van der Waals surface area contributed by atoms with E-state index in [-0.39, 0.29) is 5.91 Å². The molecule has 3 aromatic rings. The number of ether oxygens (including phenoxy) is 2. The number of carbonyl (C=O) groups excluding carboxylic acids is 1. The zero-order valence-corrected chi connectivity index (χ0v) is 18.9. The van der Waals surface area contributed by atoms with E-state index in [1.54, 1.807) is 18.3 Å². The smallest absolute Gasteiger partial charge is 0.222 e. The number of H-pyrrole nitrogens is 1. The number of nitrogens with one attached hydrogen (secondary N) is 2. The third kappa shape index (κ3) is 4.94. The first-order valence-corrected chi connectivity index (χ1v) is 10.9. The Morgan fingerprint density at radius 1 is 1.16 bits per heavy atom. The largest absolute Gasteiger partial charge is 0.493 e. The second kappa shape index (κ2) is 9.86. The molecule has 170 valence electrons. The standard InChI is InChI=1S/C23H30N6O3/c1-28-9-5-10-29(2)20(30)6-4-11-32-19-12-17(7-8-18(19)31-3)27-23-21-16(14-28)13-24-22(21)25-15-26-23/h7-8,12-13,15H,4-6,9-11,14H2,1-3H3,(H2,24,25,26,27). The normalized spacial score (nSPS) is 16.7. The first-order valence-electron chi connectivity index (χ1n) is 10.9. The van der Waals surface area contributed by atoms with Gasteiger partial charge in [-0.1, -0.05) is 0 Å². The number of methoxy groups -OCH3 is 1. The lowest BCUT2D eigenvalue weighted by Crippen LogP contribution is -2.30. The van der Waals surface area contributed by atoms with Crippen molar-refractivity contribution in [1.29, 1.82) is 0 Å². The monoisotopic (exact) mass is 438 g/mol. The predicted octanol–water partition coefficient (Wildman–Crippen LogP) is 3.16. The molecule has 0 atom stereocenters. The number of aromatic amines is 1. The number of carbonyl (C=O) groups is 1. The minimum Gasteiger partial charge on any atom is -0.493 e. The second-order valence-electron chi connectivity index (χ2n) is 8.11. The summed E-state index contributed by atoms with van der Waals surface area (Å²) in [7, 11) is 5.56. The molecule has 1 aliphatic heterocycles. The van der Waals surface area contributed by atoms with Gasteiger partial charge in [-0.05, 0) is 44.1 Å². The Kier molecular flexibility index (Phi) is 6.75. The molecule has 0 fully saturated rings. The molecule has 1 aliphatic rings. The summed E-state index contributed by atoms with van der Waals surface area (Å²) in [6.07, 6.45) is 5.54. The van der Waals surface area contributed by atoms with Crippen LogP contribution in [0, 0.1) is 0 Å². The maximum Gasteiger partial charge on any atom is 0.222 e. The average molecular weight is 439 g/mol. The average Bonchev–Trinajstić information content (AvgIpc) is 3.19. The van der Waals surface area contributed by atoms with Crippen LogP contribution in [-0.4, -0.2) is 71.6 Å². The third-order valence-corrected chi connectivity index (χ3v) is 5.67. The molecule has 3 heterocycles. The van der Waals surface area contributed by atoms with E-state index in [4.69, 9.17) is 9.47 Å². The molecule has 1 aromatic carbocycles. The van der Waals surface area contributed by atoms with E-state index >= 15 is 0 Å². The van der Waals surface area contributed by atoms with Gasteiger partial charge in [-0.3, -0.25) is 4.79 Å². The van der Waals surface area contributed by atoms with Gasteiger partial charge in [0, 0.05) is 44.5 Å². The molecule has 4 rings (SSSR count). The van der Waals surface area contributed by atoms with Gasteiger partial charge in [0.25, 0.3) is 0 Å². The van der Waals surface area contributed by atoms with Crippen molar-refractivity contribution in [3.8, 4) is 11.5 Å². The maximum absolute atomic E-state index is 12.4. The molecule has 32 heavy (non-hydrogen) atoms. The van der Waals surface area contributed by atoms with E-state index in [1.807, 2.05) is 31.4 Å². The summed E-state index contributed by atoms with van der Waals surface area (Å²) in [5, 5.41) is 4.37. The third-order valence-electron chi connectivity index (χ3n) is 5.67. The van der Waals surface area contributed by atoms with Gasteiger partial charge in [-0.15, -0.1) is 0 Å². The lowest BCUT2D eigenvalue weighted by molar-refractivity contribution is -0.130. The van der Waals surface area contributed by atoms with Crippen molar-refractivity contribution in [3.05, 3.63) is 36.3 Å². The van der Waals surface area contributed by atoms with Crippen LogP contribution in [0.1, 0.15) is 24.8 Å². The molecule has 0 unspecified atom stereocenters. The summed E-state index contributed by atoms with van der Waals surface area (Å²) in [6.45, 7) is 2.79. The Morgan fingerprint density at radius 3 is 2.88 bits per heavy atom. The van der Waals surface area contributed by atoms with Gasteiger partial charge in [-0.25, -0.2) is 9.97 Å². The van der Waals surface area contributed by atoms with Crippen LogP contribution in [0.4, 0.5) is 11.5 Å². The Hall–Kier alpha value is -3.33. The quantitative estimate of drug-likeness (QED) is 0.602. The van der Waals surface area contributed by atoms with Crippen molar-refractivity contribution in [2.45, 2.75) is 25.8 Å². The number of benzene rings is 1. The Bertz CT molecular complexity index is 1080.